The molecule has 1 saturated carbocycles. The van der Waals surface area contributed by atoms with Gasteiger partial charge < -0.3 is 24.5 Å². The molecule has 3 heterocycles. The molecule has 1 N–H and O–H groups in total. The summed E-state index contributed by atoms with van der Waals surface area (Å²) >= 11 is 0. The summed E-state index contributed by atoms with van der Waals surface area (Å²) in [6.45, 7) is 4.68. The van der Waals surface area contributed by atoms with Gasteiger partial charge >= 0.3 is 12.1 Å². The Kier molecular flexibility index (Phi) is 4.85. The van der Waals surface area contributed by atoms with Crippen LogP contribution >= 0.6 is 0 Å². The minimum absolute atomic E-state index is 0.0745. The number of fused-ring (bicyclic) bond motifs is 2. The molecule has 35 heavy (non-hydrogen) atoms. The molecule has 2 saturated heterocycles. The molecule has 3 fully saturated rings. The number of carbonyl (C=O) groups excluding carboxylic acids is 2. The van der Waals surface area contributed by atoms with E-state index in [-0.39, 0.29) is 17.9 Å². The van der Waals surface area contributed by atoms with Crippen molar-refractivity contribution in [3.8, 4) is 0 Å². The number of likely N-dealkylation sites (tertiary alicyclic amines) is 1. The van der Waals surface area contributed by atoms with Crippen molar-refractivity contribution in [2.24, 2.45) is 0 Å². The summed E-state index contributed by atoms with van der Waals surface area (Å²) in [5, 5.41) is 9.32. The Morgan fingerprint density at radius 3 is 2.43 bits per heavy atom. The van der Waals surface area contributed by atoms with E-state index in [2.05, 4.69) is 4.90 Å². The minimum Gasteiger partial charge on any atom is -0.465 e. The van der Waals surface area contributed by atoms with Crippen molar-refractivity contribution in [2.75, 3.05) is 37.6 Å². The molecule has 1 aliphatic carbocycles. The fraction of sp³-hybridized carbons (Fsp3) is 0.444. The van der Waals surface area contributed by atoms with Crippen LogP contribution < -0.4 is 4.90 Å². The fourth-order valence-electron chi connectivity index (χ4n) is 6.13. The van der Waals surface area contributed by atoms with E-state index in [1.54, 1.807) is 6.07 Å². The highest BCUT2D eigenvalue weighted by Gasteiger charge is 2.57. The molecule has 8 nitrogen and oxygen atoms in total. The Balaban J connectivity index is 1.17. The van der Waals surface area contributed by atoms with Crippen molar-refractivity contribution < 1.29 is 24.2 Å². The smallest absolute Gasteiger partial charge is 0.407 e. The molecule has 2 aromatic rings. The zero-order valence-corrected chi connectivity index (χ0v) is 19.8. The molecule has 1 unspecified atom stereocenters. The topological polar surface area (TPSA) is 90.4 Å². The van der Waals surface area contributed by atoms with E-state index in [0.717, 1.165) is 29.7 Å². The van der Waals surface area contributed by atoms with E-state index in [1.165, 1.54) is 4.90 Å². The molecule has 0 aromatic heterocycles. The van der Waals surface area contributed by atoms with Crippen LogP contribution in [0.3, 0.4) is 0 Å². The number of esters is 1. The van der Waals surface area contributed by atoms with Gasteiger partial charge in [-0.25, -0.2) is 9.59 Å². The van der Waals surface area contributed by atoms with Crippen LogP contribution in [-0.4, -0.2) is 71.6 Å². The number of rotatable bonds is 3. The molecule has 0 bridgehead atoms. The highest BCUT2D eigenvalue weighted by atomic mass is 16.6. The summed E-state index contributed by atoms with van der Waals surface area (Å²) in [4.78, 5) is 43.0. The molecular formula is C27H29N3O5. The highest BCUT2D eigenvalue weighted by Crippen LogP contribution is 2.52. The molecule has 4 aliphatic rings. The molecule has 2 amide bonds. The first-order chi connectivity index (χ1) is 16.8. The van der Waals surface area contributed by atoms with Gasteiger partial charge in [-0.05, 0) is 43.5 Å². The first-order valence-corrected chi connectivity index (χ1v) is 12.3. The monoisotopic (exact) mass is 475 g/mol. The Labute approximate surface area is 204 Å². The third kappa shape index (κ3) is 3.38. The van der Waals surface area contributed by atoms with Crippen molar-refractivity contribution in [1.82, 2.24) is 9.80 Å². The zero-order valence-electron chi connectivity index (χ0n) is 19.8. The lowest BCUT2D eigenvalue weighted by Crippen LogP contribution is -2.53. The summed E-state index contributed by atoms with van der Waals surface area (Å²) in [5.41, 5.74) is 2.35. The van der Waals surface area contributed by atoms with E-state index in [9.17, 15) is 19.5 Å². The van der Waals surface area contributed by atoms with Crippen molar-refractivity contribution >= 4 is 23.7 Å². The number of hydrogen-bond acceptors (Lipinski definition) is 5. The molecule has 0 radical (unpaired) electrons. The van der Waals surface area contributed by atoms with Crippen LogP contribution in [0.25, 0.3) is 0 Å². The summed E-state index contributed by atoms with van der Waals surface area (Å²) in [7, 11) is 0. The number of nitrogens with zero attached hydrogens (tertiary/aromatic N) is 3. The van der Waals surface area contributed by atoms with Crippen LogP contribution in [0.2, 0.25) is 0 Å². The lowest BCUT2D eigenvalue weighted by atomic mass is 9.91. The average Bonchev–Trinajstić information content (AvgIpc) is 3.49. The van der Waals surface area contributed by atoms with Crippen molar-refractivity contribution in [2.45, 2.75) is 43.2 Å². The molecule has 8 heteroatoms. The van der Waals surface area contributed by atoms with Gasteiger partial charge in [0.1, 0.15) is 0 Å². The van der Waals surface area contributed by atoms with Crippen molar-refractivity contribution in [3.63, 3.8) is 0 Å². The first kappa shape index (κ1) is 21.9. The van der Waals surface area contributed by atoms with Gasteiger partial charge in [-0.3, -0.25) is 4.79 Å². The summed E-state index contributed by atoms with van der Waals surface area (Å²) < 4.78 is 5.83. The maximum absolute atomic E-state index is 13.7. The van der Waals surface area contributed by atoms with Crippen LogP contribution in [0.1, 0.15) is 47.7 Å². The Morgan fingerprint density at radius 1 is 1.00 bits per heavy atom. The summed E-state index contributed by atoms with van der Waals surface area (Å²) in [6.07, 6.45) is 1.39. The number of benzene rings is 2. The standard InChI is InChI=1S/C27H29N3O5/c1-18-16-28(14-15-30(18)25(33)34)20-8-6-19(7-9-20)26(10-11-26)24(32)29-13-12-27(17-29)22-5-3-2-4-21(22)23(31)35-27/h2-9,18H,10-17H2,1H3,(H,33,34)/t18?,27-/m0/s1. The predicted octanol–water partition coefficient (Wildman–Crippen LogP) is 3.20. The van der Waals surface area contributed by atoms with Crippen molar-refractivity contribution in [3.05, 3.63) is 65.2 Å². The molecule has 182 valence electrons. The second kappa shape index (κ2) is 7.73. The van der Waals surface area contributed by atoms with Gasteiger partial charge in [0.15, 0.2) is 5.60 Å². The van der Waals surface area contributed by atoms with Gasteiger partial charge in [0.25, 0.3) is 0 Å². The van der Waals surface area contributed by atoms with Crippen molar-refractivity contribution in [1.29, 1.82) is 0 Å². The zero-order chi connectivity index (χ0) is 24.4. The van der Waals surface area contributed by atoms with Crippen LogP contribution in [0, 0.1) is 0 Å². The van der Waals surface area contributed by atoms with Crippen LogP contribution in [0.5, 0.6) is 0 Å². The maximum Gasteiger partial charge on any atom is 0.407 e. The van der Waals surface area contributed by atoms with Gasteiger partial charge in [-0.1, -0.05) is 30.3 Å². The van der Waals surface area contributed by atoms with E-state index < -0.39 is 17.1 Å². The van der Waals surface area contributed by atoms with E-state index in [4.69, 9.17) is 4.74 Å². The molecular weight excluding hydrogens is 446 g/mol. The molecule has 3 aliphatic heterocycles. The Morgan fingerprint density at radius 2 is 1.74 bits per heavy atom. The number of amides is 2. The average molecular weight is 476 g/mol. The lowest BCUT2D eigenvalue weighted by molar-refractivity contribution is -0.134. The first-order valence-electron chi connectivity index (χ1n) is 12.3. The fourth-order valence-corrected chi connectivity index (χ4v) is 6.13. The number of piperazine rings is 1. The van der Waals surface area contributed by atoms with Gasteiger partial charge in [-0.15, -0.1) is 0 Å². The van der Waals surface area contributed by atoms with Crippen LogP contribution in [0.4, 0.5) is 10.5 Å². The largest absolute Gasteiger partial charge is 0.465 e. The summed E-state index contributed by atoms with van der Waals surface area (Å²) in [5.74, 6) is -0.184. The maximum atomic E-state index is 13.7. The number of carbonyl (C=O) groups is 3. The van der Waals surface area contributed by atoms with Gasteiger partial charge in [0.2, 0.25) is 5.91 Å². The number of carboxylic acid groups (broad SMARTS) is 1. The molecule has 6 rings (SSSR count). The third-order valence-electron chi connectivity index (χ3n) is 8.26. The number of hydrogen-bond donors (Lipinski definition) is 1. The SMILES string of the molecule is CC1CN(c2ccc(C3(C(=O)N4CC[C@@]5(C4)OC(=O)c4ccccc45)CC3)cc2)CCN1C(=O)O. The highest BCUT2D eigenvalue weighted by molar-refractivity contribution is 5.96. The number of anilines is 1. The summed E-state index contributed by atoms with van der Waals surface area (Å²) in [6, 6.07) is 15.6. The number of ether oxygens (including phenoxy) is 1. The van der Waals surface area contributed by atoms with E-state index >= 15 is 0 Å². The van der Waals surface area contributed by atoms with Crippen LogP contribution in [0.15, 0.2) is 48.5 Å². The molecule has 2 aromatic carbocycles. The van der Waals surface area contributed by atoms with Gasteiger partial charge in [-0.2, -0.15) is 0 Å². The quantitative estimate of drug-likeness (QED) is 0.686. The lowest BCUT2D eigenvalue weighted by Gasteiger charge is -2.39. The van der Waals surface area contributed by atoms with Gasteiger partial charge in [0, 0.05) is 49.9 Å². The Bertz CT molecular complexity index is 1210. The predicted molar refractivity (Wildman–Crippen MR) is 128 cm³/mol. The van der Waals surface area contributed by atoms with E-state index in [0.29, 0.717) is 44.7 Å². The third-order valence-corrected chi connectivity index (χ3v) is 8.26. The minimum atomic E-state index is -0.874. The second-order valence-electron chi connectivity index (χ2n) is 10.3. The molecule has 1 spiro atoms. The Hall–Kier alpha value is -3.55. The van der Waals surface area contributed by atoms with Crippen LogP contribution in [-0.2, 0) is 20.5 Å². The van der Waals surface area contributed by atoms with E-state index in [1.807, 2.05) is 54.3 Å². The van der Waals surface area contributed by atoms with Gasteiger partial charge in [0.05, 0.1) is 17.5 Å². The molecule has 2 atom stereocenters. The second-order valence-corrected chi connectivity index (χ2v) is 10.3. The normalized spacial score (nSPS) is 26.6.